The minimum absolute atomic E-state index is 0.174. The summed E-state index contributed by atoms with van der Waals surface area (Å²) >= 11 is 0. The zero-order valence-corrected chi connectivity index (χ0v) is 34.4. The topological polar surface area (TPSA) is 38.9 Å². The van der Waals surface area contributed by atoms with Gasteiger partial charge in [-0.15, -0.1) is 0 Å². The van der Waals surface area contributed by atoms with Gasteiger partial charge in [-0.2, -0.15) is 0 Å². The molecule has 0 amide bonds. The number of hydrogen-bond donors (Lipinski definition) is 0. The van der Waals surface area contributed by atoms with Crippen LogP contribution in [0.2, 0.25) is 0 Å². The quantitative estimate of drug-likeness (QED) is 0.168. The fourth-order valence-electron chi connectivity index (χ4n) is 9.76. The van der Waals surface area contributed by atoms with Gasteiger partial charge in [-0.25, -0.2) is 9.97 Å². The van der Waals surface area contributed by atoms with Gasteiger partial charge in [-0.3, -0.25) is 0 Å². The van der Waals surface area contributed by atoms with Crippen molar-refractivity contribution in [1.29, 1.82) is 0 Å². The van der Waals surface area contributed by atoms with Crippen molar-refractivity contribution in [2.45, 2.75) is 19.3 Å². The minimum Gasteiger partial charge on any atom is -0.456 e. The zero-order chi connectivity index (χ0) is 41.4. The van der Waals surface area contributed by atoms with E-state index in [9.17, 15) is 0 Å². The van der Waals surface area contributed by atoms with E-state index in [1.165, 1.54) is 44.2 Å². The van der Waals surface area contributed by atoms with Crippen LogP contribution in [-0.2, 0) is 5.41 Å². The average Bonchev–Trinajstić information content (AvgIpc) is 3.82. The Labute approximate surface area is 360 Å². The molecule has 0 spiro atoms. The third kappa shape index (κ3) is 5.89. The van der Waals surface area contributed by atoms with E-state index in [1.807, 2.05) is 24.3 Å². The van der Waals surface area contributed by atoms with Gasteiger partial charge in [0.2, 0.25) is 0 Å². The zero-order valence-electron chi connectivity index (χ0n) is 34.4. The van der Waals surface area contributed by atoms with Crippen LogP contribution in [0.5, 0.6) is 0 Å². The van der Waals surface area contributed by atoms with Crippen molar-refractivity contribution < 1.29 is 4.42 Å². The summed E-state index contributed by atoms with van der Waals surface area (Å²) < 4.78 is 6.45. The number of hydrogen-bond acceptors (Lipinski definition) is 3. The summed E-state index contributed by atoms with van der Waals surface area (Å²) in [4.78, 5) is 10.6. The molecule has 0 N–H and O–H groups in total. The van der Waals surface area contributed by atoms with Crippen molar-refractivity contribution in [2.75, 3.05) is 0 Å². The molecule has 0 aliphatic heterocycles. The lowest BCUT2D eigenvalue weighted by molar-refractivity contribution is 0.661. The van der Waals surface area contributed by atoms with Crippen LogP contribution in [0.3, 0.4) is 0 Å². The Morgan fingerprint density at radius 1 is 0.371 bits per heavy atom. The van der Waals surface area contributed by atoms with E-state index in [0.29, 0.717) is 5.82 Å². The third-order valence-corrected chi connectivity index (χ3v) is 12.8. The molecule has 9 aromatic carbocycles. The molecular weight excluding hydrogens is 753 g/mol. The molecule has 1 aliphatic rings. The summed E-state index contributed by atoms with van der Waals surface area (Å²) in [5.41, 5.74) is 18.4. The van der Waals surface area contributed by atoms with E-state index in [0.717, 1.165) is 72.3 Å². The second-order valence-corrected chi connectivity index (χ2v) is 16.9. The molecule has 1 aliphatic carbocycles. The molecule has 0 fully saturated rings. The van der Waals surface area contributed by atoms with E-state index in [4.69, 9.17) is 14.4 Å². The van der Waals surface area contributed by atoms with Crippen LogP contribution in [-0.4, -0.2) is 9.97 Å². The summed E-state index contributed by atoms with van der Waals surface area (Å²) in [7, 11) is 0. The van der Waals surface area contributed by atoms with E-state index in [2.05, 4.69) is 196 Å². The lowest BCUT2D eigenvalue weighted by Crippen LogP contribution is -2.14. The molecular formula is C59H40N2O. The molecule has 0 saturated carbocycles. The van der Waals surface area contributed by atoms with Gasteiger partial charge in [-0.05, 0) is 121 Å². The van der Waals surface area contributed by atoms with Crippen LogP contribution in [0.1, 0.15) is 25.0 Å². The molecule has 2 aromatic heterocycles. The number of rotatable bonds is 6. The van der Waals surface area contributed by atoms with Gasteiger partial charge in [-0.1, -0.05) is 166 Å². The molecule has 0 bridgehead atoms. The molecule has 2 heterocycles. The maximum absolute atomic E-state index is 6.45. The SMILES string of the molecule is CC1(C)c2cc3ccccc3cc2-c2c(-c3cc(-c4cc(-c5cccc(-c6ccccc6)c5)nc(-c5ccccc5)n4)cc(-c4cccc5oc6ccccc6c45)c3)cccc21. The normalized spacial score (nSPS) is 12.8. The Balaban J connectivity index is 1.13. The Hall–Kier alpha value is -7.88. The van der Waals surface area contributed by atoms with Crippen LogP contribution in [0.25, 0.3) is 111 Å². The van der Waals surface area contributed by atoms with Gasteiger partial charge in [0.1, 0.15) is 11.2 Å². The van der Waals surface area contributed by atoms with Crippen molar-refractivity contribution in [3.63, 3.8) is 0 Å². The minimum atomic E-state index is -0.174. The van der Waals surface area contributed by atoms with Crippen LogP contribution in [0.15, 0.2) is 211 Å². The highest BCUT2D eigenvalue weighted by Crippen LogP contribution is 2.54. The summed E-state index contributed by atoms with van der Waals surface area (Å²) in [6.45, 7) is 4.73. The lowest BCUT2D eigenvalue weighted by Gasteiger charge is -2.22. The Bertz CT molecular complexity index is 3540. The van der Waals surface area contributed by atoms with E-state index in [-0.39, 0.29) is 5.41 Å². The lowest BCUT2D eigenvalue weighted by atomic mass is 9.81. The summed E-state index contributed by atoms with van der Waals surface area (Å²) in [5, 5.41) is 4.72. The Morgan fingerprint density at radius 2 is 0.935 bits per heavy atom. The molecule has 292 valence electrons. The van der Waals surface area contributed by atoms with Crippen molar-refractivity contribution >= 4 is 32.7 Å². The fourth-order valence-corrected chi connectivity index (χ4v) is 9.76. The molecule has 0 saturated heterocycles. The second-order valence-electron chi connectivity index (χ2n) is 16.9. The van der Waals surface area contributed by atoms with Crippen molar-refractivity contribution in [3.8, 4) is 78.4 Å². The Kier molecular flexibility index (Phi) is 8.20. The monoisotopic (exact) mass is 792 g/mol. The number of furan rings is 1. The van der Waals surface area contributed by atoms with Crippen LogP contribution in [0.4, 0.5) is 0 Å². The van der Waals surface area contributed by atoms with Gasteiger partial charge in [0.05, 0.1) is 11.4 Å². The molecule has 11 aromatic rings. The number of fused-ring (bicyclic) bond motifs is 7. The fraction of sp³-hybridized carbons (Fsp3) is 0.0508. The number of para-hydroxylation sites is 1. The molecule has 62 heavy (non-hydrogen) atoms. The number of nitrogens with zero attached hydrogens (tertiary/aromatic N) is 2. The van der Waals surface area contributed by atoms with Gasteiger partial charge >= 0.3 is 0 Å². The first-order valence-electron chi connectivity index (χ1n) is 21.3. The third-order valence-electron chi connectivity index (χ3n) is 12.8. The number of aromatic nitrogens is 2. The van der Waals surface area contributed by atoms with Crippen molar-refractivity contribution in [1.82, 2.24) is 9.97 Å². The first kappa shape index (κ1) is 36.0. The first-order valence-corrected chi connectivity index (χ1v) is 21.3. The summed E-state index contributed by atoms with van der Waals surface area (Å²) in [6, 6.07) is 73.8. The first-order chi connectivity index (χ1) is 30.5. The maximum atomic E-state index is 6.45. The van der Waals surface area contributed by atoms with Crippen LogP contribution < -0.4 is 0 Å². The van der Waals surface area contributed by atoms with Crippen molar-refractivity contribution in [3.05, 3.63) is 217 Å². The average molecular weight is 793 g/mol. The largest absolute Gasteiger partial charge is 0.456 e. The molecule has 3 heteroatoms. The van der Waals surface area contributed by atoms with Gasteiger partial charge < -0.3 is 4.42 Å². The van der Waals surface area contributed by atoms with E-state index >= 15 is 0 Å². The van der Waals surface area contributed by atoms with Gasteiger partial charge in [0, 0.05) is 32.9 Å². The molecule has 0 atom stereocenters. The van der Waals surface area contributed by atoms with Crippen LogP contribution in [0, 0.1) is 0 Å². The number of benzene rings is 9. The predicted octanol–water partition coefficient (Wildman–Crippen LogP) is 15.8. The molecule has 3 nitrogen and oxygen atoms in total. The molecule has 12 rings (SSSR count). The molecule has 0 radical (unpaired) electrons. The smallest absolute Gasteiger partial charge is 0.160 e. The van der Waals surface area contributed by atoms with Gasteiger partial charge in [0.15, 0.2) is 5.82 Å². The Morgan fingerprint density at radius 3 is 1.74 bits per heavy atom. The summed E-state index contributed by atoms with van der Waals surface area (Å²) in [5.74, 6) is 0.682. The summed E-state index contributed by atoms with van der Waals surface area (Å²) in [6.07, 6.45) is 0. The molecule has 0 unspecified atom stereocenters. The maximum Gasteiger partial charge on any atom is 0.160 e. The predicted molar refractivity (Wildman–Crippen MR) is 257 cm³/mol. The van der Waals surface area contributed by atoms with E-state index < -0.39 is 0 Å². The highest BCUT2D eigenvalue weighted by molar-refractivity contribution is 6.13. The van der Waals surface area contributed by atoms with Crippen molar-refractivity contribution in [2.24, 2.45) is 0 Å². The second kappa shape index (κ2) is 14.1. The highest BCUT2D eigenvalue weighted by Gasteiger charge is 2.37. The van der Waals surface area contributed by atoms with E-state index in [1.54, 1.807) is 0 Å². The highest BCUT2D eigenvalue weighted by atomic mass is 16.3. The van der Waals surface area contributed by atoms with Gasteiger partial charge in [0.25, 0.3) is 0 Å². The standard InChI is InChI=1S/C59H40N2O/c1-59(2)50-27-14-25-46(56(50)49-34-40-20-9-10-21-41(40)35-51(49)59)43-31-44(47-26-15-29-55-57(47)48-24-11-12-28-54(48)62-55)33-45(32-43)53-36-52(60-58(61-53)38-18-7-4-8-19-38)42-23-13-22-39(30-42)37-16-5-3-6-17-37/h3-36H,1-2H3. The van der Waals surface area contributed by atoms with Crippen LogP contribution >= 0.6 is 0 Å².